The molecular formula is C24H24NO+. The molecule has 26 heavy (non-hydrogen) atoms. The molecule has 0 radical (unpaired) electrons. The summed E-state index contributed by atoms with van der Waals surface area (Å²) in [6.07, 6.45) is 4.43. The van der Waals surface area contributed by atoms with E-state index in [4.69, 9.17) is 4.74 Å². The molecule has 0 spiro atoms. The van der Waals surface area contributed by atoms with Crippen molar-refractivity contribution >= 4 is 28.2 Å². The van der Waals surface area contributed by atoms with Gasteiger partial charge in [0.1, 0.15) is 12.8 Å². The lowest BCUT2D eigenvalue weighted by atomic mass is 9.79. The van der Waals surface area contributed by atoms with E-state index in [0.29, 0.717) is 0 Å². The van der Waals surface area contributed by atoms with Gasteiger partial charge in [-0.2, -0.15) is 4.58 Å². The van der Waals surface area contributed by atoms with Crippen LogP contribution in [0.25, 0.3) is 16.8 Å². The van der Waals surface area contributed by atoms with E-state index in [1.165, 1.54) is 33.3 Å². The fourth-order valence-corrected chi connectivity index (χ4v) is 4.08. The molecule has 0 N–H and O–H groups in total. The fourth-order valence-electron chi connectivity index (χ4n) is 4.08. The van der Waals surface area contributed by atoms with Crippen LogP contribution in [0.1, 0.15) is 25.0 Å². The lowest BCUT2D eigenvalue weighted by molar-refractivity contribution is -0.401. The number of allylic oxidation sites excluding steroid dienone is 1. The first-order valence-corrected chi connectivity index (χ1v) is 8.98. The van der Waals surface area contributed by atoms with Crippen LogP contribution in [-0.2, 0) is 5.41 Å². The molecule has 3 aromatic rings. The highest BCUT2D eigenvalue weighted by Gasteiger charge is 2.44. The summed E-state index contributed by atoms with van der Waals surface area (Å²) >= 11 is 0. The van der Waals surface area contributed by atoms with E-state index in [1.807, 2.05) is 12.1 Å². The Hall–Kier alpha value is -2.87. The first kappa shape index (κ1) is 16.6. The van der Waals surface area contributed by atoms with E-state index in [1.54, 1.807) is 7.11 Å². The number of methoxy groups -OCH3 is 1. The van der Waals surface area contributed by atoms with E-state index in [2.05, 4.69) is 86.2 Å². The SMILES string of the molecule is COc1ccc(/C=C/C2=[N+](C)c3ccc4ccccc4c3C2(C)C)cc1. The van der Waals surface area contributed by atoms with Gasteiger partial charge in [-0.15, -0.1) is 0 Å². The zero-order chi connectivity index (χ0) is 18.3. The van der Waals surface area contributed by atoms with E-state index in [9.17, 15) is 0 Å². The molecule has 3 aromatic carbocycles. The van der Waals surface area contributed by atoms with Crippen LogP contribution in [0.2, 0.25) is 0 Å². The van der Waals surface area contributed by atoms with Gasteiger partial charge in [0.2, 0.25) is 5.69 Å². The fraction of sp³-hybridized carbons (Fsp3) is 0.208. The van der Waals surface area contributed by atoms with Gasteiger partial charge in [0, 0.05) is 17.7 Å². The summed E-state index contributed by atoms with van der Waals surface area (Å²) in [6.45, 7) is 4.63. The Morgan fingerprint density at radius 3 is 2.35 bits per heavy atom. The molecule has 4 rings (SSSR count). The first-order chi connectivity index (χ1) is 12.5. The van der Waals surface area contributed by atoms with Crippen molar-refractivity contribution in [1.82, 2.24) is 0 Å². The molecule has 0 saturated carbocycles. The maximum absolute atomic E-state index is 5.24. The van der Waals surface area contributed by atoms with E-state index in [0.717, 1.165) is 5.75 Å². The van der Waals surface area contributed by atoms with Gasteiger partial charge in [0.15, 0.2) is 5.71 Å². The molecular weight excluding hydrogens is 318 g/mol. The number of hydrogen-bond acceptors (Lipinski definition) is 1. The summed E-state index contributed by atoms with van der Waals surface area (Å²) in [5.74, 6) is 0.881. The molecule has 0 saturated heterocycles. The summed E-state index contributed by atoms with van der Waals surface area (Å²) < 4.78 is 7.56. The van der Waals surface area contributed by atoms with Crippen LogP contribution in [0.5, 0.6) is 5.75 Å². The van der Waals surface area contributed by atoms with Crippen LogP contribution in [0.3, 0.4) is 0 Å². The Bertz CT molecular complexity index is 1040. The van der Waals surface area contributed by atoms with Crippen LogP contribution in [0.15, 0.2) is 66.7 Å². The lowest BCUT2D eigenvalue weighted by Gasteiger charge is -2.17. The highest BCUT2D eigenvalue weighted by molar-refractivity contribution is 6.09. The normalized spacial score (nSPS) is 15.7. The summed E-state index contributed by atoms with van der Waals surface area (Å²) in [5.41, 5.74) is 5.13. The molecule has 0 unspecified atom stereocenters. The third-order valence-corrected chi connectivity index (χ3v) is 5.44. The van der Waals surface area contributed by atoms with Crippen LogP contribution in [0, 0.1) is 0 Å². The van der Waals surface area contributed by atoms with Crippen LogP contribution < -0.4 is 4.74 Å². The molecule has 0 atom stereocenters. The second-order valence-corrected chi connectivity index (χ2v) is 7.36. The van der Waals surface area contributed by atoms with Crippen LogP contribution in [0.4, 0.5) is 5.69 Å². The lowest BCUT2D eigenvalue weighted by Crippen LogP contribution is -2.26. The summed E-state index contributed by atoms with van der Waals surface area (Å²) in [5, 5.41) is 2.64. The van der Waals surface area contributed by atoms with Crippen molar-refractivity contribution < 1.29 is 9.31 Å². The van der Waals surface area contributed by atoms with Crippen LogP contribution >= 0.6 is 0 Å². The smallest absolute Gasteiger partial charge is 0.210 e. The molecule has 1 heterocycles. The van der Waals surface area contributed by atoms with Gasteiger partial charge in [0.25, 0.3) is 0 Å². The molecule has 0 aliphatic carbocycles. The van der Waals surface area contributed by atoms with Gasteiger partial charge in [-0.05, 0) is 54.5 Å². The second-order valence-electron chi connectivity index (χ2n) is 7.36. The number of nitrogens with zero attached hydrogens (tertiary/aromatic N) is 1. The molecule has 0 aromatic heterocycles. The standard InChI is InChI=1S/C24H24NO/c1-24(2)22(16-11-17-9-13-19(26-4)14-10-17)25(3)21-15-12-18-7-5-6-8-20(18)23(21)24/h5-16H,1-4H3/q+1/b16-11+. The monoisotopic (exact) mass is 342 g/mol. The Labute approximate surface area is 155 Å². The average Bonchev–Trinajstić information content (AvgIpc) is 2.86. The van der Waals surface area contributed by atoms with Gasteiger partial charge >= 0.3 is 0 Å². The Kier molecular flexibility index (Phi) is 3.91. The van der Waals surface area contributed by atoms with Crippen LogP contribution in [-0.4, -0.2) is 24.4 Å². The maximum atomic E-state index is 5.24. The first-order valence-electron chi connectivity index (χ1n) is 8.98. The molecule has 0 bridgehead atoms. The number of hydrogen-bond donors (Lipinski definition) is 0. The number of fused-ring (bicyclic) bond motifs is 3. The van der Waals surface area contributed by atoms with Crippen molar-refractivity contribution in [2.75, 3.05) is 14.2 Å². The predicted molar refractivity (Wildman–Crippen MR) is 110 cm³/mol. The highest BCUT2D eigenvalue weighted by atomic mass is 16.5. The Balaban J connectivity index is 1.78. The Morgan fingerprint density at radius 2 is 1.62 bits per heavy atom. The maximum Gasteiger partial charge on any atom is 0.210 e. The summed E-state index contributed by atoms with van der Waals surface area (Å²) in [7, 11) is 3.86. The Morgan fingerprint density at radius 1 is 0.885 bits per heavy atom. The minimum Gasteiger partial charge on any atom is -0.497 e. The van der Waals surface area contributed by atoms with Gasteiger partial charge in [0.05, 0.1) is 12.5 Å². The van der Waals surface area contributed by atoms with Gasteiger partial charge in [-0.1, -0.05) is 36.4 Å². The zero-order valence-corrected chi connectivity index (χ0v) is 15.8. The quantitative estimate of drug-likeness (QED) is 0.567. The number of ether oxygens (including phenoxy) is 1. The van der Waals surface area contributed by atoms with Gasteiger partial charge < -0.3 is 4.74 Å². The zero-order valence-electron chi connectivity index (χ0n) is 15.8. The molecule has 2 nitrogen and oxygen atoms in total. The van der Waals surface area contributed by atoms with E-state index < -0.39 is 0 Å². The summed E-state index contributed by atoms with van der Waals surface area (Å²) in [4.78, 5) is 0. The van der Waals surface area contributed by atoms with Crippen molar-refractivity contribution in [2.45, 2.75) is 19.3 Å². The number of benzene rings is 3. The second kappa shape index (κ2) is 6.14. The third kappa shape index (κ3) is 2.53. The highest BCUT2D eigenvalue weighted by Crippen LogP contribution is 2.43. The molecule has 2 heteroatoms. The summed E-state index contributed by atoms with van der Waals surface area (Å²) in [6, 6.07) is 21.3. The largest absolute Gasteiger partial charge is 0.497 e. The minimum absolute atomic E-state index is 0.0477. The third-order valence-electron chi connectivity index (χ3n) is 5.44. The van der Waals surface area contributed by atoms with E-state index in [-0.39, 0.29) is 5.41 Å². The topological polar surface area (TPSA) is 12.2 Å². The number of rotatable bonds is 3. The molecule has 130 valence electrons. The van der Waals surface area contributed by atoms with Gasteiger partial charge in [-0.3, -0.25) is 0 Å². The molecule has 1 aliphatic rings. The predicted octanol–water partition coefficient (Wildman–Crippen LogP) is 5.57. The van der Waals surface area contributed by atoms with Gasteiger partial charge in [-0.25, -0.2) is 0 Å². The van der Waals surface area contributed by atoms with E-state index >= 15 is 0 Å². The van der Waals surface area contributed by atoms with Crippen molar-refractivity contribution in [3.63, 3.8) is 0 Å². The molecule has 1 aliphatic heterocycles. The van der Waals surface area contributed by atoms with Crippen molar-refractivity contribution in [2.24, 2.45) is 0 Å². The van der Waals surface area contributed by atoms with Crippen molar-refractivity contribution in [3.05, 3.63) is 77.9 Å². The molecule has 0 fully saturated rings. The van der Waals surface area contributed by atoms with Crippen molar-refractivity contribution in [3.8, 4) is 5.75 Å². The minimum atomic E-state index is -0.0477. The molecule has 0 amide bonds. The van der Waals surface area contributed by atoms with Crippen molar-refractivity contribution in [1.29, 1.82) is 0 Å². The average molecular weight is 342 g/mol.